The fourth-order valence-corrected chi connectivity index (χ4v) is 1.25. The van der Waals surface area contributed by atoms with Gasteiger partial charge < -0.3 is 16.6 Å². The van der Waals surface area contributed by atoms with Crippen molar-refractivity contribution in [3.8, 4) is 0 Å². The molecule has 0 aromatic heterocycles. The molecule has 0 aliphatic carbocycles. The van der Waals surface area contributed by atoms with Crippen LogP contribution in [0.5, 0.6) is 0 Å². The SMILES string of the molecule is Nc1c([C@@H](N)CO)cccc1C(F)(F)F. The van der Waals surface area contributed by atoms with E-state index in [4.69, 9.17) is 16.6 Å². The second-order valence-electron chi connectivity index (χ2n) is 3.10. The van der Waals surface area contributed by atoms with Crippen LogP contribution in [0.2, 0.25) is 0 Å². The average molecular weight is 220 g/mol. The van der Waals surface area contributed by atoms with Gasteiger partial charge in [-0.15, -0.1) is 0 Å². The molecule has 0 spiro atoms. The van der Waals surface area contributed by atoms with E-state index in [-0.39, 0.29) is 5.56 Å². The number of para-hydroxylation sites is 1. The molecule has 5 N–H and O–H groups in total. The molecule has 1 atom stereocenters. The number of hydrogen-bond acceptors (Lipinski definition) is 3. The van der Waals surface area contributed by atoms with E-state index >= 15 is 0 Å². The molecule has 0 radical (unpaired) electrons. The minimum Gasteiger partial charge on any atom is -0.398 e. The number of halogens is 3. The van der Waals surface area contributed by atoms with Crippen LogP contribution in [0.25, 0.3) is 0 Å². The molecule has 0 heterocycles. The molecule has 15 heavy (non-hydrogen) atoms. The Balaban J connectivity index is 3.23. The third-order valence-electron chi connectivity index (χ3n) is 2.04. The van der Waals surface area contributed by atoms with Crippen molar-refractivity contribution in [1.29, 1.82) is 0 Å². The van der Waals surface area contributed by atoms with E-state index in [2.05, 4.69) is 0 Å². The zero-order chi connectivity index (χ0) is 11.6. The molecule has 0 aliphatic rings. The minimum absolute atomic E-state index is 0.104. The first kappa shape index (κ1) is 11.8. The van der Waals surface area contributed by atoms with Crippen LogP contribution < -0.4 is 11.5 Å². The van der Waals surface area contributed by atoms with E-state index in [9.17, 15) is 13.2 Å². The first-order chi connectivity index (χ1) is 6.88. The smallest absolute Gasteiger partial charge is 0.398 e. The van der Waals surface area contributed by atoms with Gasteiger partial charge in [-0.3, -0.25) is 0 Å². The van der Waals surface area contributed by atoms with Crippen molar-refractivity contribution < 1.29 is 18.3 Å². The van der Waals surface area contributed by atoms with E-state index < -0.39 is 30.1 Å². The highest BCUT2D eigenvalue weighted by Gasteiger charge is 2.33. The molecule has 0 unspecified atom stereocenters. The van der Waals surface area contributed by atoms with E-state index in [1.807, 2.05) is 0 Å². The Kier molecular flexibility index (Phi) is 3.21. The highest BCUT2D eigenvalue weighted by Crippen LogP contribution is 2.36. The Labute approximate surface area is 84.5 Å². The molecule has 1 aromatic rings. The first-order valence-electron chi connectivity index (χ1n) is 4.20. The third-order valence-corrected chi connectivity index (χ3v) is 2.04. The topological polar surface area (TPSA) is 72.3 Å². The molecule has 0 saturated heterocycles. The van der Waals surface area contributed by atoms with Crippen LogP contribution in [0.1, 0.15) is 17.2 Å². The van der Waals surface area contributed by atoms with E-state index in [0.29, 0.717) is 0 Å². The van der Waals surface area contributed by atoms with Crippen molar-refractivity contribution >= 4 is 5.69 Å². The number of rotatable bonds is 2. The van der Waals surface area contributed by atoms with Gasteiger partial charge in [-0.05, 0) is 11.6 Å². The number of aliphatic hydroxyl groups excluding tert-OH is 1. The maximum absolute atomic E-state index is 12.4. The second-order valence-corrected chi connectivity index (χ2v) is 3.10. The van der Waals surface area contributed by atoms with Gasteiger partial charge in [-0.1, -0.05) is 12.1 Å². The van der Waals surface area contributed by atoms with Crippen molar-refractivity contribution in [1.82, 2.24) is 0 Å². The molecule has 3 nitrogen and oxygen atoms in total. The summed E-state index contributed by atoms with van der Waals surface area (Å²) in [4.78, 5) is 0. The zero-order valence-corrected chi connectivity index (χ0v) is 7.75. The predicted octanol–water partition coefficient (Wildman–Crippen LogP) is 1.28. The van der Waals surface area contributed by atoms with Gasteiger partial charge in [0.1, 0.15) is 0 Å². The van der Waals surface area contributed by atoms with Gasteiger partial charge in [0.25, 0.3) is 0 Å². The predicted molar refractivity (Wildman–Crippen MR) is 49.9 cm³/mol. The summed E-state index contributed by atoms with van der Waals surface area (Å²) in [7, 11) is 0. The van der Waals surface area contributed by atoms with Gasteiger partial charge in [0, 0.05) is 5.69 Å². The Morgan fingerprint density at radius 2 is 1.93 bits per heavy atom. The largest absolute Gasteiger partial charge is 0.418 e. The summed E-state index contributed by atoms with van der Waals surface area (Å²) in [6, 6.07) is 2.56. The molecule has 84 valence electrons. The van der Waals surface area contributed by atoms with Crippen LogP contribution in [-0.2, 0) is 6.18 Å². The Bertz CT molecular complexity index is 352. The minimum atomic E-state index is -4.50. The van der Waals surface area contributed by atoms with Crippen LogP contribution in [-0.4, -0.2) is 11.7 Å². The average Bonchev–Trinajstić information content (AvgIpc) is 2.15. The lowest BCUT2D eigenvalue weighted by molar-refractivity contribution is -0.136. The quantitative estimate of drug-likeness (QED) is 0.657. The molecule has 0 saturated carbocycles. The summed E-state index contributed by atoms with van der Waals surface area (Å²) >= 11 is 0. The fraction of sp³-hybridized carbons (Fsp3) is 0.333. The molecule has 0 amide bonds. The van der Waals surface area contributed by atoms with Crippen LogP contribution in [0, 0.1) is 0 Å². The molecular weight excluding hydrogens is 209 g/mol. The maximum Gasteiger partial charge on any atom is 0.418 e. The van der Waals surface area contributed by atoms with E-state index in [0.717, 1.165) is 6.07 Å². The number of nitrogens with two attached hydrogens (primary N) is 2. The molecule has 1 aromatic carbocycles. The highest BCUT2D eigenvalue weighted by molar-refractivity contribution is 5.56. The lowest BCUT2D eigenvalue weighted by Crippen LogP contribution is -2.19. The summed E-state index contributed by atoms with van der Waals surface area (Å²) in [6.07, 6.45) is -4.50. The van der Waals surface area contributed by atoms with Gasteiger partial charge in [0.15, 0.2) is 0 Å². The number of aliphatic hydroxyl groups is 1. The Hall–Kier alpha value is -1.27. The zero-order valence-electron chi connectivity index (χ0n) is 7.75. The number of alkyl halides is 3. The lowest BCUT2D eigenvalue weighted by Gasteiger charge is -2.16. The molecule has 0 aliphatic heterocycles. The van der Waals surface area contributed by atoms with E-state index in [1.54, 1.807) is 0 Å². The molecule has 0 fully saturated rings. The summed E-state index contributed by atoms with van der Waals surface area (Å²) in [5, 5.41) is 8.74. The van der Waals surface area contributed by atoms with Gasteiger partial charge in [0.05, 0.1) is 18.2 Å². The monoisotopic (exact) mass is 220 g/mol. The summed E-state index contributed by atoms with van der Waals surface area (Å²) in [5.74, 6) is 0. The van der Waals surface area contributed by atoms with Gasteiger partial charge in [-0.2, -0.15) is 13.2 Å². The second kappa shape index (κ2) is 4.08. The van der Waals surface area contributed by atoms with Crippen LogP contribution >= 0.6 is 0 Å². The van der Waals surface area contributed by atoms with Crippen molar-refractivity contribution in [3.63, 3.8) is 0 Å². The Morgan fingerprint density at radius 1 is 1.33 bits per heavy atom. The number of anilines is 1. The van der Waals surface area contributed by atoms with Crippen molar-refractivity contribution in [3.05, 3.63) is 29.3 Å². The van der Waals surface area contributed by atoms with Crippen molar-refractivity contribution in [2.45, 2.75) is 12.2 Å². The first-order valence-corrected chi connectivity index (χ1v) is 4.20. The lowest BCUT2D eigenvalue weighted by atomic mass is 10.0. The molecule has 0 bridgehead atoms. The van der Waals surface area contributed by atoms with Gasteiger partial charge in [0.2, 0.25) is 0 Å². The molecular formula is C9H11F3N2O. The van der Waals surface area contributed by atoms with Crippen LogP contribution in [0.15, 0.2) is 18.2 Å². The standard InChI is InChI=1S/C9H11F3N2O/c10-9(11,12)6-3-1-2-5(8(6)14)7(13)4-15/h1-3,7,15H,4,13-14H2/t7-/m0/s1. The fourth-order valence-electron chi connectivity index (χ4n) is 1.25. The molecule has 1 rings (SSSR count). The summed E-state index contributed by atoms with van der Waals surface area (Å²) in [5.41, 5.74) is 9.50. The number of nitrogen functional groups attached to an aromatic ring is 1. The van der Waals surface area contributed by atoms with Gasteiger partial charge >= 0.3 is 6.18 Å². The normalized spacial score (nSPS) is 13.9. The highest BCUT2D eigenvalue weighted by atomic mass is 19.4. The van der Waals surface area contributed by atoms with Crippen LogP contribution in [0.4, 0.5) is 18.9 Å². The maximum atomic E-state index is 12.4. The van der Waals surface area contributed by atoms with Crippen molar-refractivity contribution in [2.24, 2.45) is 5.73 Å². The summed E-state index contributed by atoms with van der Waals surface area (Å²) in [6.45, 7) is -0.453. The van der Waals surface area contributed by atoms with Gasteiger partial charge in [-0.25, -0.2) is 0 Å². The molecule has 6 heteroatoms. The number of benzene rings is 1. The number of hydrogen-bond donors (Lipinski definition) is 3. The third kappa shape index (κ3) is 2.40. The van der Waals surface area contributed by atoms with Crippen molar-refractivity contribution in [2.75, 3.05) is 12.3 Å². The summed E-state index contributed by atoms with van der Waals surface area (Å²) < 4.78 is 37.2. The van der Waals surface area contributed by atoms with Crippen LogP contribution in [0.3, 0.4) is 0 Å². The van der Waals surface area contributed by atoms with E-state index in [1.165, 1.54) is 12.1 Å². The Morgan fingerprint density at radius 3 is 2.40 bits per heavy atom.